The predicted octanol–water partition coefficient (Wildman–Crippen LogP) is 2.77. The summed E-state index contributed by atoms with van der Waals surface area (Å²) in [6.07, 6.45) is 4.01. The monoisotopic (exact) mass is 357 g/mol. The van der Waals surface area contributed by atoms with E-state index in [9.17, 15) is 9.59 Å². The number of Topliss-reactive ketones (excluding diaryl/α,β-unsaturated/α-hetero) is 1. The Kier molecular flexibility index (Phi) is 5.68. The van der Waals surface area contributed by atoms with Crippen LogP contribution in [0, 0.1) is 5.92 Å². The first-order valence-corrected chi connectivity index (χ1v) is 8.72. The van der Waals surface area contributed by atoms with Crippen LogP contribution in [-0.4, -0.2) is 58.5 Å². The van der Waals surface area contributed by atoms with Gasteiger partial charge in [0.15, 0.2) is 5.78 Å². The third-order valence-corrected chi connectivity index (χ3v) is 4.80. The topological polar surface area (TPSA) is 84.7 Å². The molecule has 7 nitrogen and oxygen atoms in total. The van der Waals surface area contributed by atoms with Crippen LogP contribution in [0.15, 0.2) is 36.7 Å². The van der Waals surface area contributed by atoms with E-state index in [1.807, 2.05) is 35.1 Å². The van der Waals surface area contributed by atoms with Gasteiger partial charge in [-0.05, 0) is 18.4 Å². The number of carbonyl (C=O) groups excluding carboxylic acids is 1. The molecule has 26 heavy (non-hydrogen) atoms. The van der Waals surface area contributed by atoms with E-state index in [1.165, 1.54) is 4.90 Å². The number of amides is 1. The summed E-state index contributed by atoms with van der Waals surface area (Å²) in [5.74, 6) is -0.00868. The van der Waals surface area contributed by atoms with Crippen LogP contribution >= 0.6 is 0 Å². The Balaban J connectivity index is 1.63. The lowest BCUT2D eigenvalue weighted by Gasteiger charge is -2.29. The van der Waals surface area contributed by atoms with Crippen LogP contribution in [0.2, 0.25) is 0 Å². The summed E-state index contributed by atoms with van der Waals surface area (Å²) >= 11 is 0. The van der Waals surface area contributed by atoms with Gasteiger partial charge >= 0.3 is 6.09 Å². The van der Waals surface area contributed by atoms with Crippen LogP contribution in [0.5, 0.6) is 0 Å². The van der Waals surface area contributed by atoms with Crippen molar-refractivity contribution in [1.82, 2.24) is 14.7 Å². The average molecular weight is 357 g/mol. The standard InChI is InChI=1S/C19H23N3O4/c1-26-11-10-22-13-17(12-20-22)14-2-4-15(5-3-14)18(23)16-6-8-21(9-7-16)19(24)25/h2-5,12-13,16H,6-11H2,1H3,(H,24,25). The van der Waals surface area contributed by atoms with E-state index in [1.54, 1.807) is 13.3 Å². The molecule has 2 aromatic rings. The van der Waals surface area contributed by atoms with Crippen LogP contribution in [0.4, 0.5) is 4.79 Å². The maximum atomic E-state index is 12.7. The second kappa shape index (κ2) is 8.14. The Labute approximate surface area is 152 Å². The number of rotatable bonds is 6. The molecule has 138 valence electrons. The van der Waals surface area contributed by atoms with Gasteiger partial charge < -0.3 is 14.7 Å². The Hall–Kier alpha value is -2.67. The van der Waals surface area contributed by atoms with Crippen molar-refractivity contribution in [3.8, 4) is 11.1 Å². The molecule has 1 aliphatic heterocycles. The number of aromatic nitrogens is 2. The van der Waals surface area contributed by atoms with Crippen LogP contribution < -0.4 is 0 Å². The van der Waals surface area contributed by atoms with Gasteiger partial charge in [-0.1, -0.05) is 24.3 Å². The second-order valence-corrected chi connectivity index (χ2v) is 6.47. The number of carbonyl (C=O) groups is 2. The highest BCUT2D eigenvalue weighted by Crippen LogP contribution is 2.24. The Morgan fingerprint density at radius 1 is 1.19 bits per heavy atom. The molecule has 7 heteroatoms. The maximum Gasteiger partial charge on any atom is 0.407 e. The van der Waals surface area contributed by atoms with E-state index in [4.69, 9.17) is 9.84 Å². The number of carboxylic acid groups (broad SMARTS) is 1. The van der Waals surface area contributed by atoms with Crippen molar-refractivity contribution in [3.63, 3.8) is 0 Å². The van der Waals surface area contributed by atoms with Crippen molar-refractivity contribution >= 4 is 11.9 Å². The predicted molar refractivity (Wildman–Crippen MR) is 96.2 cm³/mol. The van der Waals surface area contributed by atoms with E-state index < -0.39 is 6.09 Å². The van der Waals surface area contributed by atoms with Gasteiger partial charge in [0.05, 0.1) is 19.3 Å². The second-order valence-electron chi connectivity index (χ2n) is 6.47. The van der Waals surface area contributed by atoms with Gasteiger partial charge in [0, 0.05) is 43.4 Å². The minimum absolute atomic E-state index is 0.0948. The zero-order valence-electron chi connectivity index (χ0n) is 14.8. The largest absolute Gasteiger partial charge is 0.465 e. The molecular weight excluding hydrogens is 334 g/mol. The Morgan fingerprint density at radius 3 is 2.50 bits per heavy atom. The van der Waals surface area contributed by atoms with Gasteiger partial charge in [0.1, 0.15) is 0 Å². The SMILES string of the molecule is COCCn1cc(-c2ccc(C(=O)C3CCN(C(=O)O)CC3)cc2)cn1. The number of likely N-dealkylation sites (tertiary alicyclic amines) is 1. The molecule has 1 aromatic heterocycles. The molecule has 0 saturated carbocycles. The molecule has 1 fully saturated rings. The normalized spacial score (nSPS) is 15.2. The highest BCUT2D eigenvalue weighted by Gasteiger charge is 2.27. The number of hydrogen-bond acceptors (Lipinski definition) is 4. The molecule has 1 aliphatic rings. The van der Waals surface area contributed by atoms with E-state index in [2.05, 4.69) is 5.10 Å². The fourth-order valence-electron chi connectivity index (χ4n) is 3.22. The summed E-state index contributed by atoms with van der Waals surface area (Å²) in [7, 11) is 1.66. The van der Waals surface area contributed by atoms with Gasteiger partial charge in [-0.25, -0.2) is 4.79 Å². The van der Waals surface area contributed by atoms with Gasteiger partial charge in [0.25, 0.3) is 0 Å². The molecule has 1 N–H and O–H groups in total. The molecule has 0 spiro atoms. The Bertz CT molecular complexity index is 761. The molecule has 0 unspecified atom stereocenters. The zero-order chi connectivity index (χ0) is 18.5. The van der Waals surface area contributed by atoms with Crippen molar-refractivity contribution < 1.29 is 19.4 Å². The first kappa shape index (κ1) is 18.1. The first-order valence-electron chi connectivity index (χ1n) is 8.72. The van der Waals surface area contributed by atoms with Crippen LogP contribution in [0.1, 0.15) is 23.2 Å². The number of nitrogens with zero attached hydrogens (tertiary/aromatic N) is 3. The number of benzene rings is 1. The molecule has 0 aliphatic carbocycles. The van der Waals surface area contributed by atoms with Crippen molar-refractivity contribution in [2.45, 2.75) is 19.4 Å². The van der Waals surface area contributed by atoms with E-state index in [-0.39, 0.29) is 11.7 Å². The van der Waals surface area contributed by atoms with E-state index in [0.717, 1.165) is 11.1 Å². The summed E-state index contributed by atoms with van der Waals surface area (Å²) in [6.45, 7) is 2.15. The van der Waals surface area contributed by atoms with E-state index in [0.29, 0.717) is 44.6 Å². The zero-order valence-corrected chi connectivity index (χ0v) is 14.8. The number of ether oxygens (including phenoxy) is 1. The van der Waals surface area contributed by atoms with Gasteiger partial charge in [-0.2, -0.15) is 5.10 Å². The molecule has 0 radical (unpaired) electrons. The summed E-state index contributed by atoms with van der Waals surface area (Å²) in [5, 5.41) is 13.3. The third-order valence-electron chi connectivity index (χ3n) is 4.80. The fraction of sp³-hybridized carbons (Fsp3) is 0.421. The number of methoxy groups -OCH3 is 1. The first-order chi connectivity index (χ1) is 12.6. The highest BCUT2D eigenvalue weighted by atomic mass is 16.5. The molecule has 0 bridgehead atoms. The Morgan fingerprint density at radius 2 is 1.88 bits per heavy atom. The van der Waals surface area contributed by atoms with Gasteiger partial charge in [-0.3, -0.25) is 9.48 Å². The van der Waals surface area contributed by atoms with Gasteiger partial charge in [0.2, 0.25) is 0 Å². The fourth-order valence-corrected chi connectivity index (χ4v) is 3.22. The average Bonchev–Trinajstić information content (AvgIpc) is 3.15. The molecular formula is C19H23N3O4. The summed E-state index contributed by atoms with van der Waals surface area (Å²) in [6, 6.07) is 7.54. The van der Waals surface area contributed by atoms with Crippen molar-refractivity contribution in [2.75, 3.05) is 26.8 Å². The summed E-state index contributed by atoms with van der Waals surface area (Å²) in [5.41, 5.74) is 2.68. The van der Waals surface area contributed by atoms with Crippen LogP contribution in [-0.2, 0) is 11.3 Å². The highest BCUT2D eigenvalue weighted by molar-refractivity contribution is 5.98. The molecule has 2 heterocycles. The number of piperidine rings is 1. The minimum atomic E-state index is -0.911. The molecule has 1 saturated heterocycles. The van der Waals surface area contributed by atoms with E-state index >= 15 is 0 Å². The third kappa shape index (κ3) is 4.11. The summed E-state index contributed by atoms with van der Waals surface area (Å²) in [4.78, 5) is 25.0. The van der Waals surface area contributed by atoms with Gasteiger partial charge in [-0.15, -0.1) is 0 Å². The molecule has 3 rings (SSSR count). The van der Waals surface area contributed by atoms with Crippen LogP contribution in [0.25, 0.3) is 11.1 Å². The number of ketones is 1. The van der Waals surface area contributed by atoms with Crippen molar-refractivity contribution in [3.05, 3.63) is 42.2 Å². The van der Waals surface area contributed by atoms with Crippen molar-refractivity contribution in [1.29, 1.82) is 0 Å². The molecule has 1 aromatic carbocycles. The lowest BCUT2D eigenvalue weighted by molar-refractivity contribution is 0.0821. The lowest BCUT2D eigenvalue weighted by Crippen LogP contribution is -2.39. The quantitative estimate of drug-likeness (QED) is 0.804. The molecule has 1 amide bonds. The minimum Gasteiger partial charge on any atom is -0.465 e. The van der Waals surface area contributed by atoms with Crippen LogP contribution in [0.3, 0.4) is 0 Å². The lowest BCUT2D eigenvalue weighted by atomic mass is 9.88. The maximum absolute atomic E-state index is 12.7. The molecule has 0 atom stereocenters. The smallest absolute Gasteiger partial charge is 0.407 e. The number of hydrogen-bond donors (Lipinski definition) is 1. The van der Waals surface area contributed by atoms with Crippen molar-refractivity contribution in [2.24, 2.45) is 5.92 Å². The summed E-state index contributed by atoms with van der Waals surface area (Å²) < 4.78 is 6.87.